The molecule has 1 aliphatic heterocycles. The molecule has 1 aromatic rings. The van der Waals surface area contributed by atoms with E-state index in [-0.39, 0.29) is 0 Å². The highest BCUT2D eigenvalue weighted by Gasteiger charge is 2.31. The van der Waals surface area contributed by atoms with Crippen LogP contribution in [0.4, 0.5) is 0 Å². The fourth-order valence-corrected chi connectivity index (χ4v) is 2.67. The first kappa shape index (κ1) is 15.4. The van der Waals surface area contributed by atoms with Gasteiger partial charge in [0.1, 0.15) is 6.10 Å². The lowest BCUT2D eigenvalue weighted by atomic mass is 9.84. The molecule has 0 spiro atoms. The van der Waals surface area contributed by atoms with Crippen molar-refractivity contribution in [2.75, 3.05) is 19.6 Å². The highest BCUT2D eigenvalue weighted by molar-refractivity contribution is 5.29. The molecule has 2 atom stereocenters. The zero-order chi connectivity index (χ0) is 14.6. The van der Waals surface area contributed by atoms with Crippen LogP contribution in [0, 0.1) is 0 Å². The number of hydrogen-bond acceptors (Lipinski definition) is 5. The van der Waals surface area contributed by atoms with Gasteiger partial charge in [-0.3, -0.25) is 0 Å². The smallest absolute Gasteiger partial charge is 0.105 e. The summed E-state index contributed by atoms with van der Waals surface area (Å²) in [6, 6.07) is 7.19. The second-order valence-corrected chi connectivity index (χ2v) is 5.49. The van der Waals surface area contributed by atoms with Gasteiger partial charge in [-0.15, -0.1) is 0 Å². The van der Waals surface area contributed by atoms with E-state index in [1.54, 1.807) is 12.1 Å². The molecule has 6 N–H and O–H groups in total. The van der Waals surface area contributed by atoms with E-state index in [2.05, 4.69) is 5.32 Å². The third-order valence-electron chi connectivity index (χ3n) is 4.05. The maximum absolute atomic E-state index is 10.6. The van der Waals surface area contributed by atoms with Crippen LogP contribution in [0.25, 0.3) is 0 Å². The minimum Gasteiger partial charge on any atom is -0.390 e. The van der Waals surface area contributed by atoms with Gasteiger partial charge in [-0.2, -0.15) is 0 Å². The molecule has 1 aliphatic rings. The number of piperidine rings is 1. The predicted molar refractivity (Wildman–Crippen MR) is 77.1 cm³/mol. The summed E-state index contributed by atoms with van der Waals surface area (Å²) in [6.45, 7) is 1.94. The molecule has 5 heteroatoms. The van der Waals surface area contributed by atoms with Crippen molar-refractivity contribution in [1.82, 2.24) is 5.32 Å². The Morgan fingerprint density at radius 3 is 2.30 bits per heavy atom. The Morgan fingerprint density at radius 1 is 1.15 bits per heavy atom. The van der Waals surface area contributed by atoms with Gasteiger partial charge in [0, 0.05) is 0 Å². The Bertz CT molecular complexity index is 416. The molecule has 2 unspecified atom stereocenters. The summed E-state index contributed by atoms with van der Waals surface area (Å²) < 4.78 is 0. The molecule has 5 nitrogen and oxygen atoms in total. The number of benzene rings is 1. The molecule has 2 rings (SSSR count). The third-order valence-corrected chi connectivity index (χ3v) is 4.05. The van der Waals surface area contributed by atoms with Crippen molar-refractivity contribution >= 4 is 0 Å². The Labute approximate surface area is 119 Å². The second kappa shape index (κ2) is 6.65. The first-order valence-electron chi connectivity index (χ1n) is 7.16. The van der Waals surface area contributed by atoms with Crippen molar-refractivity contribution in [3.63, 3.8) is 0 Å². The second-order valence-electron chi connectivity index (χ2n) is 5.49. The molecule has 0 bridgehead atoms. The minimum atomic E-state index is -0.935. The average Bonchev–Trinajstić information content (AvgIpc) is 2.48. The summed E-state index contributed by atoms with van der Waals surface area (Å²) in [5.41, 5.74) is 6.10. The van der Waals surface area contributed by atoms with Gasteiger partial charge in [-0.1, -0.05) is 24.3 Å². The van der Waals surface area contributed by atoms with Gasteiger partial charge >= 0.3 is 0 Å². The maximum atomic E-state index is 10.6. The highest BCUT2D eigenvalue weighted by atomic mass is 16.3. The number of aliphatic hydroxyl groups is 3. The number of hydrogen-bond donors (Lipinski definition) is 5. The van der Waals surface area contributed by atoms with Crippen molar-refractivity contribution in [3.05, 3.63) is 35.4 Å². The lowest BCUT2D eigenvalue weighted by Crippen LogP contribution is -2.39. The fourth-order valence-electron chi connectivity index (χ4n) is 2.67. The van der Waals surface area contributed by atoms with Gasteiger partial charge in [0.2, 0.25) is 0 Å². The van der Waals surface area contributed by atoms with E-state index in [1.165, 1.54) is 0 Å². The molecule has 20 heavy (non-hydrogen) atoms. The largest absolute Gasteiger partial charge is 0.390 e. The standard InChI is InChI=1S/C15H24N2O3/c16-8-5-13(18)14(19)11-1-3-12(4-2-11)15(20)6-9-17-10-7-15/h1-4,13-14,17-20H,5-10,16H2. The van der Waals surface area contributed by atoms with Gasteiger partial charge in [0.05, 0.1) is 11.7 Å². The number of rotatable bonds is 5. The Kier molecular flexibility index (Phi) is 5.12. The van der Waals surface area contributed by atoms with Gasteiger partial charge in [-0.05, 0) is 50.0 Å². The molecular formula is C15H24N2O3. The third kappa shape index (κ3) is 3.37. The van der Waals surface area contributed by atoms with E-state index >= 15 is 0 Å². The zero-order valence-electron chi connectivity index (χ0n) is 11.6. The van der Waals surface area contributed by atoms with Crippen LogP contribution in [0.5, 0.6) is 0 Å². The molecule has 1 saturated heterocycles. The average molecular weight is 280 g/mol. The van der Waals surface area contributed by atoms with Gasteiger partial charge < -0.3 is 26.4 Å². The first-order valence-corrected chi connectivity index (χ1v) is 7.16. The maximum Gasteiger partial charge on any atom is 0.105 e. The summed E-state index contributed by atoms with van der Waals surface area (Å²) in [5, 5.41) is 33.6. The monoisotopic (exact) mass is 280 g/mol. The molecule has 112 valence electrons. The zero-order valence-corrected chi connectivity index (χ0v) is 11.6. The highest BCUT2D eigenvalue weighted by Crippen LogP contribution is 2.31. The topological polar surface area (TPSA) is 98.7 Å². The molecular weight excluding hydrogens is 256 g/mol. The lowest BCUT2D eigenvalue weighted by Gasteiger charge is -2.33. The number of nitrogens with two attached hydrogens (primary N) is 1. The van der Waals surface area contributed by atoms with Crippen molar-refractivity contribution in [2.24, 2.45) is 5.73 Å². The van der Waals surface area contributed by atoms with E-state index in [0.717, 1.165) is 18.7 Å². The Balaban J connectivity index is 2.09. The quantitative estimate of drug-likeness (QED) is 0.523. The molecule has 0 saturated carbocycles. The van der Waals surface area contributed by atoms with E-state index in [4.69, 9.17) is 5.73 Å². The summed E-state index contributed by atoms with van der Waals surface area (Å²) >= 11 is 0. The predicted octanol–water partition coefficient (Wildman–Crippen LogP) is 0.000700. The molecule has 0 aliphatic carbocycles. The normalized spacial score (nSPS) is 21.4. The molecule has 1 fully saturated rings. The SMILES string of the molecule is NCCC(O)C(O)c1ccc(C2(O)CCNCC2)cc1. The lowest BCUT2D eigenvalue weighted by molar-refractivity contribution is 0.00530. The van der Waals surface area contributed by atoms with Crippen LogP contribution in [0.3, 0.4) is 0 Å². The number of nitrogens with one attached hydrogen (secondary N) is 1. The van der Waals surface area contributed by atoms with Gasteiger partial charge in [0.15, 0.2) is 0 Å². The summed E-state index contributed by atoms with van der Waals surface area (Å²) in [5.74, 6) is 0. The van der Waals surface area contributed by atoms with Crippen molar-refractivity contribution < 1.29 is 15.3 Å². The Morgan fingerprint density at radius 2 is 1.75 bits per heavy atom. The van der Waals surface area contributed by atoms with Crippen LogP contribution in [0.1, 0.15) is 36.5 Å². The van der Waals surface area contributed by atoms with Crippen molar-refractivity contribution in [2.45, 2.75) is 37.1 Å². The van der Waals surface area contributed by atoms with E-state index in [1.807, 2.05) is 12.1 Å². The van der Waals surface area contributed by atoms with E-state index in [9.17, 15) is 15.3 Å². The van der Waals surface area contributed by atoms with Gasteiger partial charge in [0.25, 0.3) is 0 Å². The van der Waals surface area contributed by atoms with Crippen LogP contribution < -0.4 is 11.1 Å². The van der Waals surface area contributed by atoms with Gasteiger partial charge in [-0.25, -0.2) is 0 Å². The van der Waals surface area contributed by atoms with Crippen LogP contribution in [-0.4, -0.2) is 41.1 Å². The summed E-state index contributed by atoms with van der Waals surface area (Å²) in [7, 11) is 0. The fraction of sp³-hybridized carbons (Fsp3) is 0.600. The molecule has 1 heterocycles. The van der Waals surface area contributed by atoms with E-state index in [0.29, 0.717) is 31.4 Å². The summed E-state index contributed by atoms with van der Waals surface area (Å²) in [4.78, 5) is 0. The molecule has 0 radical (unpaired) electrons. The van der Waals surface area contributed by atoms with Crippen LogP contribution >= 0.6 is 0 Å². The number of aliphatic hydroxyl groups excluding tert-OH is 2. The van der Waals surface area contributed by atoms with Crippen LogP contribution in [-0.2, 0) is 5.60 Å². The first-order chi connectivity index (χ1) is 9.57. The van der Waals surface area contributed by atoms with Crippen LogP contribution in [0.2, 0.25) is 0 Å². The summed E-state index contributed by atoms with van der Waals surface area (Å²) in [6.07, 6.45) is -0.0587. The van der Waals surface area contributed by atoms with Crippen molar-refractivity contribution in [1.29, 1.82) is 0 Å². The minimum absolute atomic E-state index is 0.336. The molecule has 0 amide bonds. The van der Waals surface area contributed by atoms with Crippen LogP contribution in [0.15, 0.2) is 24.3 Å². The Hall–Kier alpha value is -0.980. The van der Waals surface area contributed by atoms with Crippen molar-refractivity contribution in [3.8, 4) is 0 Å². The molecule has 1 aromatic carbocycles. The van der Waals surface area contributed by atoms with E-state index < -0.39 is 17.8 Å². The molecule has 0 aromatic heterocycles.